The smallest absolute Gasteiger partial charge is 0.306 e. The van der Waals surface area contributed by atoms with Gasteiger partial charge in [-0.2, -0.15) is 0 Å². The van der Waals surface area contributed by atoms with Crippen LogP contribution in [0.2, 0.25) is 0 Å². The van der Waals surface area contributed by atoms with E-state index in [-0.39, 0.29) is 25.2 Å². The van der Waals surface area contributed by atoms with E-state index < -0.39 is 6.10 Å². The van der Waals surface area contributed by atoms with Crippen LogP contribution in [0.15, 0.2) is 134 Å². The van der Waals surface area contributed by atoms with Crippen LogP contribution < -0.4 is 0 Å². The summed E-state index contributed by atoms with van der Waals surface area (Å²) >= 11 is 0. The molecule has 0 N–H and O–H groups in total. The molecule has 0 aromatic heterocycles. The van der Waals surface area contributed by atoms with Crippen LogP contribution >= 0.6 is 0 Å². The molecule has 0 spiro atoms. The zero-order valence-corrected chi connectivity index (χ0v) is 45.5. The standard InChI is InChI=1S/C65H106O5/c1-4-7-10-13-16-19-22-25-28-31-33-35-37-40-43-46-49-52-55-58-64(66)69-62-63(61-68-60-57-54-51-48-45-42-39-36-32-29-26-23-20-17-14-11-8-5-2)70-65(67)59-56-53-50-47-44-41-38-34-30-27-24-21-18-15-12-9-6-3/h7-8,10-11,16-17,19-20,25-30,33,35-36,39-40,43,49,52,63H,4-6,9,12-15,18,21-24,31-32,34,37-38,41-42,44-48,50-51,53-62H2,1-3H3/b10-7-,11-8-,19-16-,20-17-,28-25-,29-26-,30-27-,35-33-,39-36-,43-40-,52-49-. The second kappa shape index (κ2) is 59.3. The fourth-order valence-electron chi connectivity index (χ4n) is 7.46. The van der Waals surface area contributed by atoms with E-state index in [0.29, 0.717) is 25.9 Å². The largest absolute Gasteiger partial charge is 0.462 e. The van der Waals surface area contributed by atoms with Crippen LogP contribution in [0.4, 0.5) is 0 Å². The quantitative estimate of drug-likeness (QED) is 0.0345. The van der Waals surface area contributed by atoms with Crippen LogP contribution in [0.1, 0.15) is 239 Å². The molecule has 0 amide bonds. The summed E-state index contributed by atoms with van der Waals surface area (Å²) in [4.78, 5) is 25.5. The van der Waals surface area contributed by atoms with Crippen molar-refractivity contribution in [3.63, 3.8) is 0 Å². The Bertz CT molecular complexity index is 1470. The van der Waals surface area contributed by atoms with Gasteiger partial charge in [-0.1, -0.05) is 238 Å². The molecule has 0 heterocycles. The molecule has 1 atom stereocenters. The molecular formula is C65H106O5. The van der Waals surface area contributed by atoms with Crippen molar-refractivity contribution in [1.29, 1.82) is 0 Å². The van der Waals surface area contributed by atoms with Gasteiger partial charge in [-0.25, -0.2) is 0 Å². The third-order valence-corrected chi connectivity index (χ3v) is 11.7. The molecule has 0 aromatic rings. The van der Waals surface area contributed by atoms with Crippen LogP contribution in [0.3, 0.4) is 0 Å². The number of hydrogen-bond acceptors (Lipinski definition) is 5. The lowest BCUT2D eigenvalue weighted by molar-refractivity contribution is -0.162. The van der Waals surface area contributed by atoms with Gasteiger partial charge >= 0.3 is 11.9 Å². The van der Waals surface area contributed by atoms with Crippen molar-refractivity contribution in [1.82, 2.24) is 0 Å². The van der Waals surface area contributed by atoms with Gasteiger partial charge in [0.15, 0.2) is 6.10 Å². The van der Waals surface area contributed by atoms with Crippen LogP contribution in [-0.2, 0) is 23.8 Å². The molecule has 0 radical (unpaired) electrons. The first-order valence-corrected chi connectivity index (χ1v) is 28.7. The Morgan fingerprint density at radius 3 is 1.10 bits per heavy atom. The van der Waals surface area contributed by atoms with Crippen molar-refractivity contribution < 1.29 is 23.8 Å². The molecule has 0 aromatic carbocycles. The maximum Gasteiger partial charge on any atom is 0.306 e. The van der Waals surface area contributed by atoms with Gasteiger partial charge in [-0.15, -0.1) is 0 Å². The molecule has 0 rings (SSSR count). The number of esters is 2. The first kappa shape index (κ1) is 66.0. The number of rotatable bonds is 51. The zero-order valence-electron chi connectivity index (χ0n) is 45.5. The summed E-state index contributed by atoms with van der Waals surface area (Å²) in [7, 11) is 0. The molecule has 0 aliphatic heterocycles. The van der Waals surface area contributed by atoms with E-state index in [9.17, 15) is 9.59 Å². The average molecular weight is 968 g/mol. The van der Waals surface area contributed by atoms with E-state index in [2.05, 4.69) is 148 Å². The van der Waals surface area contributed by atoms with Gasteiger partial charge in [0.2, 0.25) is 0 Å². The number of allylic oxidation sites excluding steroid dienone is 22. The van der Waals surface area contributed by atoms with Crippen LogP contribution in [-0.4, -0.2) is 37.9 Å². The second-order valence-corrected chi connectivity index (χ2v) is 18.4. The van der Waals surface area contributed by atoms with Crippen LogP contribution in [0, 0.1) is 0 Å². The maximum absolute atomic E-state index is 12.9. The Morgan fingerprint density at radius 1 is 0.329 bits per heavy atom. The Balaban J connectivity index is 4.46. The topological polar surface area (TPSA) is 61.8 Å². The number of carbonyl (C=O) groups excluding carboxylic acids is 2. The third kappa shape index (κ3) is 56.6. The van der Waals surface area contributed by atoms with Crippen LogP contribution in [0.25, 0.3) is 0 Å². The highest BCUT2D eigenvalue weighted by Gasteiger charge is 2.17. The minimum absolute atomic E-state index is 0.0276. The molecule has 5 heteroatoms. The molecule has 0 saturated heterocycles. The van der Waals surface area contributed by atoms with E-state index in [1.165, 1.54) is 96.3 Å². The Kier molecular flexibility index (Phi) is 56.0. The molecule has 0 fully saturated rings. The highest BCUT2D eigenvalue weighted by atomic mass is 16.6. The van der Waals surface area contributed by atoms with Crippen molar-refractivity contribution in [2.75, 3.05) is 19.8 Å². The summed E-state index contributed by atoms with van der Waals surface area (Å²) in [6, 6.07) is 0. The van der Waals surface area contributed by atoms with Crippen molar-refractivity contribution >= 4 is 11.9 Å². The number of ether oxygens (including phenoxy) is 3. The van der Waals surface area contributed by atoms with Crippen molar-refractivity contribution in [3.05, 3.63) is 134 Å². The van der Waals surface area contributed by atoms with Gasteiger partial charge in [0, 0.05) is 19.4 Å². The Morgan fingerprint density at radius 2 is 0.671 bits per heavy atom. The van der Waals surface area contributed by atoms with Gasteiger partial charge in [0.25, 0.3) is 0 Å². The molecule has 0 aliphatic rings. The normalized spacial score (nSPS) is 13.2. The molecular weight excluding hydrogens is 861 g/mol. The molecule has 5 nitrogen and oxygen atoms in total. The average Bonchev–Trinajstić information content (AvgIpc) is 3.36. The summed E-state index contributed by atoms with van der Waals surface area (Å²) < 4.78 is 17.4. The lowest BCUT2D eigenvalue weighted by Gasteiger charge is -2.18. The van der Waals surface area contributed by atoms with E-state index in [4.69, 9.17) is 14.2 Å². The Labute approximate surface area is 432 Å². The first-order valence-electron chi connectivity index (χ1n) is 28.7. The van der Waals surface area contributed by atoms with Gasteiger partial charge in [-0.3, -0.25) is 9.59 Å². The van der Waals surface area contributed by atoms with Crippen molar-refractivity contribution in [2.24, 2.45) is 0 Å². The fraction of sp³-hybridized carbons (Fsp3) is 0.631. The summed E-state index contributed by atoms with van der Waals surface area (Å²) in [6.07, 6.45) is 84.8. The monoisotopic (exact) mass is 967 g/mol. The Hall–Kier alpha value is -3.96. The van der Waals surface area contributed by atoms with Crippen molar-refractivity contribution in [2.45, 2.75) is 245 Å². The lowest BCUT2D eigenvalue weighted by Crippen LogP contribution is -2.30. The van der Waals surface area contributed by atoms with Gasteiger partial charge in [0.1, 0.15) is 6.61 Å². The highest BCUT2D eigenvalue weighted by Crippen LogP contribution is 2.13. The summed E-state index contributed by atoms with van der Waals surface area (Å²) in [5.41, 5.74) is 0. The SMILES string of the molecule is CC/C=C\C/C=C\C/C=C\C/C=C\C/C=C\C/C=C\CCC(=O)OCC(COCCCCCCC/C=C\C/C=C\C/C=C\C/C=C\CC)OC(=O)CCCCCCCCC/C=C\CCCCCCCC. The minimum atomic E-state index is -0.590. The molecule has 396 valence electrons. The van der Waals surface area contributed by atoms with Gasteiger partial charge < -0.3 is 14.2 Å². The lowest BCUT2D eigenvalue weighted by atomic mass is 10.1. The van der Waals surface area contributed by atoms with E-state index >= 15 is 0 Å². The van der Waals surface area contributed by atoms with E-state index in [1.54, 1.807) is 0 Å². The number of hydrogen-bond donors (Lipinski definition) is 0. The number of unbranched alkanes of at least 4 members (excludes halogenated alkanes) is 18. The minimum Gasteiger partial charge on any atom is -0.462 e. The molecule has 0 aliphatic carbocycles. The summed E-state index contributed by atoms with van der Waals surface area (Å²) in [6.45, 7) is 7.47. The van der Waals surface area contributed by atoms with Crippen LogP contribution in [0.5, 0.6) is 0 Å². The predicted molar refractivity (Wildman–Crippen MR) is 306 cm³/mol. The maximum atomic E-state index is 12.9. The number of carbonyl (C=O) groups is 2. The fourth-order valence-corrected chi connectivity index (χ4v) is 7.46. The van der Waals surface area contributed by atoms with Crippen molar-refractivity contribution in [3.8, 4) is 0 Å². The molecule has 70 heavy (non-hydrogen) atoms. The van der Waals surface area contributed by atoms with E-state index in [1.807, 2.05) is 6.08 Å². The molecule has 0 bridgehead atoms. The third-order valence-electron chi connectivity index (χ3n) is 11.7. The molecule has 0 saturated carbocycles. The van der Waals surface area contributed by atoms with Gasteiger partial charge in [0.05, 0.1) is 6.61 Å². The predicted octanol–water partition coefficient (Wildman–Crippen LogP) is 19.9. The molecule has 1 unspecified atom stereocenters. The first-order chi connectivity index (χ1) is 34.6. The van der Waals surface area contributed by atoms with Gasteiger partial charge in [-0.05, 0) is 122 Å². The summed E-state index contributed by atoms with van der Waals surface area (Å²) in [5.74, 6) is -0.515. The zero-order chi connectivity index (χ0) is 50.6. The second-order valence-electron chi connectivity index (χ2n) is 18.4. The summed E-state index contributed by atoms with van der Waals surface area (Å²) in [5, 5.41) is 0. The van der Waals surface area contributed by atoms with E-state index in [0.717, 1.165) is 103 Å². The highest BCUT2D eigenvalue weighted by molar-refractivity contribution is 5.70.